The summed E-state index contributed by atoms with van der Waals surface area (Å²) >= 11 is -3.13. The van der Waals surface area contributed by atoms with E-state index in [0.717, 1.165) is 49.2 Å². The van der Waals surface area contributed by atoms with Crippen LogP contribution in [-0.2, 0) is 70.7 Å². The quantitative estimate of drug-likeness (QED) is 0.0131. The summed E-state index contributed by atoms with van der Waals surface area (Å²) in [6.45, 7) is 3.86. The predicted octanol–water partition coefficient (Wildman–Crippen LogP) is -3.98. The Morgan fingerprint density at radius 3 is 1.39 bits per heavy atom. The fourth-order valence-electron chi connectivity index (χ4n) is 13.0. The summed E-state index contributed by atoms with van der Waals surface area (Å²) in [6, 6.07) is 35.1. The molecule has 0 amide bonds. The molecule has 12 aromatic rings. The third kappa shape index (κ3) is 20.6. The van der Waals surface area contributed by atoms with Gasteiger partial charge >= 0.3 is 146 Å². The van der Waals surface area contributed by atoms with E-state index in [9.17, 15) is 84.9 Å². The first kappa shape index (κ1) is 94.7. The first-order valence-corrected chi connectivity index (χ1v) is 40.4. The number of hydrogen-bond donors (Lipinski definition) is 8. The second kappa shape index (κ2) is 38.5. The minimum absolute atomic E-state index is 0. The standard InChI is InChI=1S/C40H38N8O10S2.C32H23N7O12S3.K.H3N.3Na/c1-3-4-17-58-24-10-11-28(33(21-24)60(54,55)56)43-39-44-38(45-40(46-39)48-15-18-57-19-16-48)41-23-9-14-32(59(51,52)53)30(20-23)42-29-12-13-31-35-27(22-34(49)47(31)2)25-7-5-6-8-26(25)37(50)36(29)35;1-39-23-9-8-20(28-27(23)19(14-26(39)40)17-4-2-3-5-18(17)29(28)41)34-22-12-15(6-11-25(22)54(48,49)50)33-30-36-31(38-32(42)37-30)35-21-13-16(53(45,46)47)7-10-24(21)51-52(43)44;;;;;/h5-14,20-22,42H,3-4,15-19H2,1-2H3,(H,51,52,53)(H,54,55,56)(H2,41,43,44,45,46);2-14,34H,1H3,(H,43,44)(H,45,46,47)(H,48,49,50)(H3,33,35,36,37,38,42);;1H3;;;/q;;+1;;3*+1/p-5. The molecule has 594 valence electrons. The first-order valence-electron chi connectivity index (χ1n) is 33.7. The number of morpholine rings is 1. The Labute approximate surface area is 788 Å². The van der Waals surface area contributed by atoms with Crippen LogP contribution in [-0.4, -0.2) is 149 Å². The van der Waals surface area contributed by atoms with E-state index in [1.165, 1.54) is 76.8 Å². The van der Waals surface area contributed by atoms with Crippen LogP contribution < -0.4 is 203 Å². The molecular formula is C72H59KN16Na3O22S5-. The second-order valence-corrected chi connectivity index (χ2v) is 31.4. The van der Waals surface area contributed by atoms with Crippen LogP contribution in [0.2, 0.25) is 0 Å². The van der Waals surface area contributed by atoms with Crippen molar-refractivity contribution in [2.24, 2.45) is 14.1 Å². The van der Waals surface area contributed by atoms with Gasteiger partial charge in [-0.2, -0.15) is 29.9 Å². The Morgan fingerprint density at radius 1 is 0.487 bits per heavy atom. The molecule has 0 spiro atoms. The fraction of sp³-hybridized carbons (Fsp3) is 0.139. The Morgan fingerprint density at radius 2 is 0.933 bits per heavy atom. The van der Waals surface area contributed by atoms with Gasteiger partial charge in [0.25, 0.3) is 11.1 Å². The van der Waals surface area contributed by atoms with Gasteiger partial charge in [-0.3, -0.25) is 19.2 Å². The number of aryl methyl sites for hydroxylation is 2. The average molecular weight is 1770 g/mol. The molecule has 119 heavy (non-hydrogen) atoms. The monoisotopic (exact) mass is 1770 g/mol. The smallest absolute Gasteiger partial charge is 0.744 e. The number of nitrogens with zero attached hydrogens (tertiary/aromatic N) is 9. The van der Waals surface area contributed by atoms with Crippen LogP contribution in [0.4, 0.5) is 75.2 Å². The minimum atomic E-state index is -5.13. The summed E-state index contributed by atoms with van der Waals surface area (Å²) in [5, 5.41) is 28.0. The van der Waals surface area contributed by atoms with E-state index in [1.807, 2.05) is 11.8 Å². The maximum absolute atomic E-state index is 14.1. The second-order valence-electron chi connectivity index (χ2n) is 25.4. The largest absolute Gasteiger partial charge is 1.00 e. The third-order valence-corrected chi connectivity index (χ3v) is 22.0. The molecule has 1 fully saturated rings. The van der Waals surface area contributed by atoms with Gasteiger partial charge in [-0.05, 0) is 126 Å². The molecule has 1 unspecified atom stereocenters. The number of benzene rings is 8. The Hall–Kier alpha value is -8.15. The van der Waals surface area contributed by atoms with Crippen molar-refractivity contribution in [2.75, 3.05) is 69.7 Å². The maximum Gasteiger partial charge on any atom is 1.00 e. The van der Waals surface area contributed by atoms with Gasteiger partial charge < -0.3 is 93.6 Å². The van der Waals surface area contributed by atoms with E-state index >= 15 is 0 Å². The Balaban J connectivity index is 0.000000261. The molecule has 47 heteroatoms. The number of anilines is 13. The topological polar surface area (TPSA) is 583 Å². The molecule has 38 nitrogen and oxygen atoms in total. The minimum Gasteiger partial charge on any atom is -0.744 e. The van der Waals surface area contributed by atoms with E-state index in [0.29, 0.717) is 88.1 Å². The number of unbranched alkanes of at least 4 members (excludes halogenated alkanes) is 1. The average Bonchev–Trinajstić information content (AvgIpc) is 0.723. The number of pyridine rings is 2. The molecule has 1 saturated heterocycles. The molecule has 2 aliphatic carbocycles. The van der Waals surface area contributed by atoms with Crippen molar-refractivity contribution in [3.05, 3.63) is 201 Å². The van der Waals surface area contributed by atoms with Crippen molar-refractivity contribution in [3.8, 4) is 39.8 Å². The molecule has 8 aromatic carbocycles. The van der Waals surface area contributed by atoms with E-state index in [1.54, 1.807) is 67.7 Å². The Bertz CT molecular complexity index is 6720. The summed E-state index contributed by atoms with van der Waals surface area (Å²) in [6.07, 6.45) is 1.57. The van der Waals surface area contributed by atoms with Crippen LogP contribution in [0.1, 0.15) is 51.6 Å². The van der Waals surface area contributed by atoms with Crippen molar-refractivity contribution < 1.29 is 229 Å². The summed E-state index contributed by atoms with van der Waals surface area (Å²) in [7, 11) is -17.1. The number of aromatic nitrogens is 8. The molecule has 4 aromatic heterocycles. The molecule has 3 aliphatic rings. The molecule has 0 saturated carbocycles. The van der Waals surface area contributed by atoms with Crippen molar-refractivity contribution in [1.29, 1.82) is 0 Å². The van der Waals surface area contributed by atoms with Gasteiger partial charge in [-0.15, -0.1) is 0 Å². The molecule has 5 heterocycles. The van der Waals surface area contributed by atoms with Crippen LogP contribution >= 0.6 is 0 Å². The summed E-state index contributed by atoms with van der Waals surface area (Å²) < 4.78 is 188. The van der Waals surface area contributed by atoms with E-state index in [4.69, 9.17) is 9.47 Å². The summed E-state index contributed by atoms with van der Waals surface area (Å²) in [4.78, 5) is 78.0. The number of ether oxygens (including phenoxy) is 2. The van der Waals surface area contributed by atoms with Gasteiger partial charge in [0.1, 0.15) is 57.6 Å². The number of aromatic hydroxyl groups is 1. The normalized spacial score (nSPS) is 12.9. The maximum atomic E-state index is 14.1. The van der Waals surface area contributed by atoms with Gasteiger partial charge in [0.2, 0.25) is 29.7 Å². The van der Waals surface area contributed by atoms with Gasteiger partial charge in [0.05, 0.1) is 95.7 Å². The molecule has 0 bridgehead atoms. The van der Waals surface area contributed by atoms with E-state index in [2.05, 4.69) is 66.0 Å². The van der Waals surface area contributed by atoms with Gasteiger partial charge in [-0.25, -0.2) is 37.9 Å². The van der Waals surface area contributed by atoms with Gasteiger partial charge in [0.15, 0.2) is 17.3 Å². The number of carbonyl (C=O) groups excluding carboxylic acids is 2. The van der Waals surface area contributed by atoms with Crippen molar-refractivity contribution in [1.82, 2.24) is 45.2 Å². The molecule has 10 N–H and O–H groups in total. The SMILES string of the molecule is CCCCOc1ccc(Nc2nc(Nc3ccc(S(=O)(=O)[O-])c(Nc4ccc5c6c(cc(=O)n5C)-c5ccccc5C(=O)c46)c3)nc(N3CCOCC3)n2)c(S(=O)(=O)[O-])c1.Cn1c(=O)cc2c3c(c(Nc4cc(Nc5nc(O)nc(Nc6cc(S(=O)(=O)[O-])ccc6OS(=O)[O-])n5)ccc4S(=O)(=O)[O-])ccc31)C(=O)c1ccccc1-2.N.[K+].[Na+].[Na+].[Na+]. The number of carbonyl (C=O) groups is 2. The molecular weight excluding hydrogens is 1710 g/mol. The molecule has 1 atom stereocenters. The third-order valence-electron chi connectivity index (χ3n) is 18.2. The zero-order valence-corrected chi connectivity index (χ0v) is 77.0. The fourth-order valence-corrected chi connectivity index (χ4v) is 15.6. The first-order chi connectivity index (χ1) is 54.2. The predicted molar refractivity (Wildman–Crippen MR) is 413 cm³/mol. The number of rotatable bonds is 23. The van der Waals surface area contributed by atoms with E-state index < -0.39 is 107 Å². The summed E-state index contributed by atoms with van der Waals surface area (Å²) in [5.74, 6) is -2.07. The van der Waals surface area contributed by atoms with Crippen LogP contribution in [0.15, 0.2) is 187 Å². The zero-order chi connectivity index (χ0) is 81.0. The molecule has 0 radical (unpaired) electrons. The Kier molecular flexibility index (Phi) is 30.6. The summed E-state index contributed by atoms with van der Waals surface area (Å²) in [5.41, 5.74) is 2.82. The van der Waals surface area contributed by atoms with Crippen LogP contribution in [0, 0.1) is 0 Å². The zero-order valence-electron chi connectivity index (χ0n) is 63.8. The number of nitrogens with one attached hydrogen (secondary N) is 6. The molecule has 15 rings (SSSR count). The van der Waals surface area contributed by atoms with Gasteiger partial charge in [-0.1, -0.05) is 61.9 Å². The number of fused-ring (bicyclic) bond motifs is 4. The van der Waals surface area contributed by atoms with E-state index in [-0.39, 0.29) is 238 Å². The number of hydrogen-bond acceptors (Lipinski definition) is 36. The molecule has 1 aliphatic heterocycles. The van der Waals surface area contributed by atoms with Crippen LogP contribution in [0.25, 0.3) is 44.1 Å². The van der Waals surface area contributed by atoms with Crippen molar-refractivity contribution >= 4 is 160 Å². The number of ketones is 2. The van der Waals surface area contributed by atoms with Crippen LogP contribution in [0.3, 0.4) is 0 Å². The van der Waals surface area contributed by atoms with Crippen molar-refractivity contribution in [2.45, 2.75) is 39.3 Å². The van der Waals surface area contributed by atoms with Gasteiger partial charge in [0, 0.05) is 72.6 Å². The van der Waals surface area contributed by atoms with Crippen LogP contribution in [0.5, 0.6) is 17.5 Å². The van der Waals surface area contributed by atoms with Crippen molar-refractivity contribution in [3.63, 3.8) is 0 Å².